The Morgan fingerprint density at radius 3 is 2.32 bits per heavy atom. The van der Waals surface area contributed by atoms with Crippen molar-refractivity contribution in [3.8, 4) is 28.7 Å². The zero-order chi connectivity index (χ0) is 27.0. The minimum absolute atomic E-state index is 0.0993. The number of carbonyl (C=O) groups is 2. The lowest BCUT2D eigenvalue weighted by Gasteiger charge is -2.43. The van der Waals surface area contributed by atoms with Gasteiger partial charge in [0.25, 0.3) is 0 Å². The number of carboxylic acid groups (broad SMARTS) is 1. The maximum Gasteiger partial charge on any atom is 0.329 e. The van der Waals surface area contributed by atoms with Crippen LogP contribution in [-0.2, 0) is 16.1 Å². The molecule has 196 valence electrons. The highest BCUT2D eigenvalue weighted by molar-refractivity contribution is 5.87. The van der Waals surface area contributed by atoms with Gasteiger partial charge in [-0.05, 0) is 60.7 Å². The summed E-state index contributed by atoms with van der Waals surface area (Å²) in [6.07, 6.45) is 5.54. The summed E-state index contributed by atoms with van der Waals surface area (Å²) in [6.45, 7) is 2.27. The Bertz CT molecular complexity index is 1290. The molecule has 3 aromatic carbocycles. The molecule has 0 aromatic heterocycles. The second-order valence-electron chi connectivity index (χ2n) is 9.91. The molecule has 1 fully saturated rings. The van der Waals surface area contributed by atoms with Crippen molar-refractivity contribution in [2.75, 3.05) is 0 Å². The quantitative estimate of drug-likeness (QED) is 0.308. The van der Waals surface area contributed by atoms with Gasteiger partial charge in [-0.2, -0.15) is 5.26 Å². The number of aliphatic carboxylic acids is 1. The van der Waals surface area contributed by atoms with E-state index < -0.39 is 11.5 Å². The van der Waals surface area contributed by atoms with Crippen molar-refractivity contribution < 1.29 is 19.4 Å². The molecule has 1 saturated carbocycles. The van der Waals surface area contributed by atoms with E-state index in [-0.39, 0.29) is 12.5 Å². The lowest BCUT2D eigenvalue weighted by molar-refractivity contribution is -0.163. The van der Waals surface area contributed by atoms with Crippen LogP contribution in [0.25, 0.3) is 11.1 Å². The molecule has 1 amide bonds. The van der Waals surface area contributed by atoms with E-state index in [0.29, 0.717) is 36.3 Å². The average Bonchev–Trinajstić information content (AvgIpc) is 2.95. The van der Waals surface area contributed by atoms with Crippen molar-refractivity contribution in [1.82, 2.24) is 4.90 Å². The highest BCUT2D eigenvalue weighted by Crippen LogP contribution is 2.36. The Morgan fingerprint density at radius 2 is 1.68 bits per heavy atom. The van der Waals surface area contributed by atoms with Gasteiger partial charge in [0.15, 0.2) is 0 Å². The van der Waals surface area contributed by atoms with Crippen LogP contribution in [0.5, 0.6) is 11.5 Å². The Kier molecular flexibility index (Phi) is 8.81. The van der Waals surface area contributed by atoms with Crippen LogP contribution in [0.1, 0.15) is 69.4 Å². The van der Waals surface area contributed by atoms with E-state index in [9.17, 15) is 20.0 Å². The van der Waals surface area contributed by atoms with Gasteiger partial charge in [0.05, 0.1) is 11.6 Å². The third kappa shape index (κ3) is 6.06. The van der Waals surface area contributed by atoms with Crippen LogP contribution >= 0.6 is 0 Å². The highest BCUT2D eigenvalue weighted by Gasteiger charge is 2.46. The lowest BCUT2D eigenvalue weighted by atomic mass is 9.79. The largest absolute Gasteiger partial charge is 0.479 e. The van der Waals surface area contributed by atoms with Gasteiger partial charge in [-0.1, -0.05) is 75.1 Å². The van der Waals surface area contributed by atoms with Crippen LogP contribution in [0.4, 0.5) is 0 Å². The summed E-state index contributed by atoms with van der Waals surface area (Å²) in [5.41, 5.74) is 1.83. The standard InChI is InChI=1S/C32H34N2O4/c1-2-3-12-30(35)34(32(31(36)37)19-8-5-9-20-32)23-24-13-15-25(16-14-24)29-21-28(18-17-26(29)22-33)38-27-10-6-4-7-11-27/h4,6-7,10-11,13-18,21H,2-3,5,8-9,12,19-20,23H2,1H3,(H,36,37). The first-order valence-corrected chi connectivity index (χ1v) is 13.4. The van der Waals surface area contributed by atoms with E-state index in [4.69, 9.17) is 4.74 Å². The zero-order valence-electron chi connectivity index (χ0n) is 21.9. The van der Waals surface area contributed by atoms with Gasteiger partial charge in [-0.15, -0.1) is 0 Å². The maximum absolute atomic E-state index is 13.3. The first kappa shape index (κ1) is 26.9. The summed E-state index contributed by atoms with van der Waals surface area (Å²) in [5, 5.41) is 20.0. The summed E-state index contributed by atoms with van der Waals surface area (Å²) in [4.78, 5) is 27.4. The minimum atomic E-state index is -1.15. The Labute approximate surface area is 224 Å². The number of carbonyl (C=O) groups excluding carboxylic acids is 1. The maximum atomic E-state index is 13.3. The molecule has 0 radical (unpaired) electrons. The third-order valence-corrected chi connectivity index (χ3v) is 7.34. The molecular formula is C32H34N2O4. The van der Waals surface area contributed by atoms with Gasteiger partial charge < -0.3 is 14.7 Å². The number of amides is 1. The molecule has 1 N–H and O–H groups in total. The van der Waals surface area contributed by atoms with Gasteiger partial charge in [0.2, 0.25) is 5.91 Å². The first-order chi connectivity index (χ1) is 18.5. The van der Waals surface area contributed by atoms with Gasteiger partial charge in [-0.25, -0.2) is 4.79 Å². The summed E-state index contributed by atoms with van der Waals surface area (Å²) in [6, 6.07) is 24.8. The van der Waals surface area contributed by atoms with Crippen molar-refractivity contribution in [2.45, 2.75) is 70.4 Å². The van der Waals surface area contributed by atoms with E-state index in [0.717, 1.165) is 48.8 Å². The number of unbranched alkanes of at least 4 members (excludes halogenated alkanes) is 1. The molecule has 0 spiro atoms. The van der Waals surface area contributed by atoms with Crippen LogP contribution < -0.4 is 4.74 Å². The van der Waals surface area contributed by atoms with Crippen LogP contribution in [0.15, 0.2) is 72.8 Å². The summed E-state index contributed by atoms with van der Waals surface area (Å²) in [5.74, 6) is 0.328. The second kappa shape index (κ2) is 12.4. The van der Waals surface area contributed by atoms with Crippen molar-refractivity contribution in [3.05, 3.63) is 83.9 Å². The number of rotatable bonds is 10. The molecule has 0 unspecified atom stereocenters. The number of nitrogens with zero attached hydrogens (tertiary/aromatic N) is 2. The number of hydrogen-bond acceptors (Lipinski definition) is 4. The predicted octanol–water partition coefficient (Wildman–Crippen LogP) is 7.32. The normalized spacial score (nSPS) is 14.3. The monoisotopic (exact) mass is 510 g/mol. The predicted molar refractivity (Wildman–Crippen MR) is 147 cm³/mol. The molecule has 0 bridgehead atoms. The molecule has 1 aliphatic rings. The highest BCUT2D eigenvalue weighted by atomic mass is 16.5. The molecule has 6 heteroatoms. The van der Waals surface area contributed by atoms with Crippen molar-refractivity contribution in [1.29, 1.82) is 5.26 Å². The smallest absolute Gasteiger partial charge is 0.329 e. The second-order valence-corrected chi connectivity index (χ2v) is 9.91. The van der Waals surface area contributed by atoms with E-state index in [1.54, 1.807) is 17.0 Å². The van der Waals surface area contributed by atoms with Crippen LogP contribution in [0.3, 0.4) is 0 Å². The summed E-state index contributed by atoms with van der Waals surface area (Å²) in [7, 11) is 0. The fourth-order valence-electron chi connectivity index (χ4n) is 5.20. The van der Waals surface area contributed by atoms with Crippen LogP contribution in [-0.4, -0.2) is 27.4 Å². The molecule has 0 heterocycles. The molecule has 3 aromatic rings. The Morgan fingerprint density at radius 1 is 0.974 bits per heavy atom. The summed E-state index contributed by atoms with van der Waals surface area (Å²) < 4.78 is 5.97. The summed E-state index contributed by atoms with van der Waals surface area (Å²) >= 11 is 0. The molecule has 0 saturated heterocycles. The molecule has 1 aliphatic carbocycles. The SMILES string of the molecule is CCCCC(=O)N(Cc1ccc(-c2cc(Oc3ccccc3)ccc2C#N)cc1)C1(C(=O)O)CCCCC1. The first-order valence-electron chi connectivity index (χ1n) is 13.4. The van der Waals surface area contributed by atoms with Crippen molar-refractivity contribution >= 4 is 11.9 Å². The number of nitriles is 1. The average molecular weight is 511 g/mol. The zero-order valence-corrected chi connectivity index (χ0v) is 21.9. The van der Waals surface area contributed by atoms with Crippen molar-refractivity contribution in [3.63, 3.8) is 0 Å². The number of hydrogen-bond donors (Lipinski definition) is 1. The van der Waals surface area contributed by atoms with Crippen molar-refractivity contribution in [2.24, 2.45) is 0 Å². The number of carboxylic acids is 1. The van der Waals surface area contributed by atoms with E-state index in [2.05, 4.69) is 6.07 Å². The number of benzene rings is 3. The van der Waals surface area contributed by atoms with E-state index >= 15 is 0 Å². The topological polar surface area (TPSA) is 90.6 Å². The van der Waals surface area contributed by atoms with Gasteiger partial charge in [0.1, 0.15) is 17.0 Å². The van der Waals surface area contributed by atoms with Crippen LogP contribution in [0, 0.1) is 11.3 Å². The third-order valence-electron chi connectivity index (χ3n) is 7.34. The minimum Gasteiger partial charge on any atom is -0.479 e. The van der Waals surface area contributed by atoms with Crippen LogP contribution in [0.2, 0.25) is 0 Å². The molecule has 4 rings (SSSR count). The van der Waals surface area contributed by atoms with Gasteiger partial charge in [-0.3, -0.25) is 4.79 Å². The van der Waals surface area contributed by atoms with E-state index in [1.165, 1.54) is 0 Å². The molecule has 6 nitrogen and oxygen atoms in total. The fourth-order valence-corrected chi connectivity index (χ4v) is 5.20. The molecule has 0 atom stereocenters. The lowest BCUT2D eigenvalue weighted by Crippen LogP contribution is -2.57. The molecule has 0 aliphatic heterocycles. The van der Waals surface area contributed by atoms with E-state index in [1.807, 2.05) is 67.6 Å². The van der Waals surface area contributed by atoms with Gasteiger partial charge >= 0.3 is 5.97 Å². The molecule has 38 heavy (non-hydrogen) atoms. The Hall–Kier alpha value is -4.11. The number of ether oxygens (including phenoxy) is 1. The van der Waals surface area contributed by atoms with Gasteiger partial charge in [0, 0.05) is 18.5 Å². The Balaban J connectivity index is 1.61. The molecular weight excluding hydrogens is 476 g/mol. The number of para-hydroxylation sites is 1. The fraction of sp³-hybridized carbons (Fsp3) is 0.344.